The first-order valence-electron chi connectivity index (χ1n) is 12.6. The van der Waals surface area contributed by atoms with Crippen molar-refractivity contribution in [3.05, 3.63) is 53.6 Å². The summed E-state index contributed by atoms with van der Waals surface area (Å²) in [5.74, 6) is 1.53. The Labute approximate surface area is 217 Å². The maximum Gasteiger partial charge on any atom is 0.310 e. The lowest BCUT2D eigenvalue weighted by Gasteiger charge is -2.32. The van der Waals surface area contributed by atoms with Crippen molar-refractivity contribution in [3.63, 3.8) is 0 Å². The first kappa shape index (κ1) is 26.5. The third-order valence-electron chi connectivity index (χ3n) is 6.87. The summed E-state index contributed by atoms with van der Waals surface area (Å²) in [5, 5.41) is 6.36. The fourth-order valence-electron chi connectivity index (χ4n) is 4.95. The Kier molecular flexibility index (Phi) is 8.66. The van der Waals surface area contributed by atoms with Crippen molar-refractivity contribution in [1.82, 2.24) is 9.91 Å². The zero-order valence-corrected chi connectivity index (χ0v) is 21.9. The molecule has 0 saturated carbocycles. The second-order valence-electron chi connectivity index (χ2n) is 9.17. The third kappa shape index (κ3) is 6.05. The molecule has 198 valence electrons. The summed E-state index contributed by atoms with van der Waals surface area (Å²) in [5.41, 5.74) is 2.59. The van der Waals surface area contributed by atoms with Gasteiger partial charge in [0.05, 0.1) is 52.2 Å². The lowest BCUT2D eigenvalue weighted by molar-refractivity contribution is -0.150. The molecule has 1 fully saturated rings. The van der Waals surface area contributed by atoms with E-state index >= 15 is 0 Å². The maximum absolute atomic E-state index is 13.7. The molecular formula is C28H35N3O6. The van der Waals surface area contributed by atoms with Crippen LogP contribution in [0, 0.1) is 5.92 Å². The van der Waals surface area contributed by atoms with E-state index in [1.165, 1.54) is 0 Å². The molecular weight excluding hydrogens is 474 g/mol. The molecule has 2 heterocycles. The predicted molar refractivity (Wildman–Crippen MR) is 139 cm³/mol. The monoisotopic (exact) mass is 509 g/mol. The molecule has 2 aliphatic heterocycles. The van der Waals surface area contributed by atoms with Gasteiger partial charge < -0.3 is 18.9 Å². The minimum atomic E-state index is -0.337. The molecule has 0 N–H and O–H groups in total. The Bertz CT molecular complexity index is 1130. The van der Waals surface area contributed by atoms with E-state index in [2.05, 4.69) is 0 Å². The summed E-state index contributed by atoms with van der Waals surface area (Å²) >= 11 is 0. The minimum Gasteiger partial charge on any atom is -0.497 e. The second-order valence-corrected chi connectivity index (χ2v) is 9.17. The maximum atomic E-state index is 13.7. The van der Waals surface area contributed by atoms with Crippen molar-refractivity contribution in [3.8, 4) is 17.2 Å². The molecule has 2 aromatic rings. The Morgan fingerprint density at radius 3 is 2.41 bits per heavy atom. The number of hydrogen-bond donors (Lipinski definition) is 0. The number of carbonyl (C=O) groups excluding carboxylic acids is 2. The lowest BCUT2D eigenvalue weighted by Crippen LogP contribution is -2.44. The number of piperidine rings is 1. The van der Waals surface area contributed by atoms with Gasteiger partial charge in [-0.25, -0.2) is 5.01 Å². The van der Waals surface area contributed by atoms with E-state index in [9.17, 15) is 9.59 Å². The van der Waals surface area contributed by atoms with Gasteiger partial charge in [0.2, 0.25) is 0 Å². The molecule has 37 heavy (non-hydrogen) atoms. The number of nitrogens with zero attached hydrogens (tertiary/aromatic N) is 3. The van der Waals surface area contributed by atoms with E-state index in [1.807, 2.05) is 47.4 Å². The van der Waals surface area contributed by atoms with E-state index in [1.54, 1.807) is 33.3 Å². The van der Waals surface area contributed by atoms with E-state index in [0.29, 0.717) is 31.1 Å². The number of rotatable bonds is 9. The molecule has 1 saturated heterocycles. The van der Waals surface area contributed by atoms with E-state index in [0.717, 1.165) is 42.0 Å². The topological polar surface area (TPSA) is 89.9 Å². The van der Waals surface area contributed by atoms with Crippen molar-refractivity contribution in [1.29, 1.82) is 0 Å². The smallest absolute Gasteiger partial charge is 0.310 e. The second kappa shape index (κ2) is 12.1. The fraction of sp³-hybridized carbons (Fsp3) is 0.464. The van der Waals surface area contributed by atoms with Gasteiger partial charge in [0.1, 0.15) is 17.2 Å². The van der Waals surface area contributed by atoms with E-state index < -0.39 is 0 Å². The largest absolute Gasteiger partial charge is 0.497 e. The number of carbonyl (C=O) groups is 2. The highest BCUT2D eigenvalue weighted by molar-refractivity contribution is 6.03. The van der Waals surface area contributed by atoms with Gasteiger partial charge in [-0.1, -0.05) is 0 Å². The average Bonchev–Trinajstić information content (AvgIpc) is 3.38. The zero-order valence-electron chi connectivity index (χ0n) is 21.9. The molecule has 0 aliphatic carbocycles. The highest BCUT2D eigenvalue weighted by Gasteiger charge is 2.36. The summed E-state index contributed by atoms with van der Waals surface area (Å²) < 4.78 is 21.5. The Hall–Kier alpha value is -3.59. The SMILES string of the molecule is CCOC(=O)[C@@H]1CCCN(CC(=O)N2N=C(c3ccc(OC)cc3)C[C@H]2c2ccc(OC)cc2OC)C1. The zero-order chi connectivity index (χ0) is 26.4. The molecule has 9 heteroatoms. The van der Waals surface area contributed by atoms with Crippen LogP contribution in [0.1, 0.15) is 43.4 Å². The normalized spacial score (nSPS) is 19.8. The van der Waals surface area contributed by atoms with Crippen LogP contribution in [0.2, 0.25) is 0 Å². The highest BCUT2D eigenvalue weighted by Crippen LogP contribution is 2.39. The number of methoxy groups -OCH3 is 3. The van der Waals surface area contributed by atoms with Crippen LogP contribution >= 0.6 is 0 Å². The number of likely N-dealkylation sites (tertiary alicyclic amines) is 1. The summed E-state index contributed by atoms with van der Waals surface area (Å²) in [4.78, 5) is 28.0. The molecule has 2 atom stereocenters. The molecule has 0 spiro atoms. The van der Waals surface area contributed by atoms with Crippen molar-refractivity contribution in [2.75, 3.05) is 47.6 Å². The van der Waals surface area contributed by atoms with Gasteiger partial charge in [0.25, 0.3) is 5.91 Å². The van der Waals surface area contributed by atoms with Crippen LogP contribution in [-0.4, -0.2) is 75.1 Å². The summed E-state index contributed by atoms with van der Waals surface area (Å²) in [6.07, 6.45) is 2.15. The molecule has 2 aromatic carbocycles. The van der Waals surface area contributed by atoms with Gasteiger partial charge in [-0.05, 0) is 68.3 Å². The van der Waals surface area contributed by atoms with Crippen molar-refractivity contribution >= 4 is 17.6 Å². The van der Waals surface area contributed by atoms with Crippen molar-refractivity contribution in [2.45, 2.75) is 32.2 Å². The van der Waals surface area contributed by atoms with Crippen LogP contribution in [0.25, 0.3) is 0 Å². The Balaban J connectivity index is 1.59. The summed E-state index contributed by atoms with van der Waals surface area (Å²) in [6, 6.07) is 12.9. The Morgan fingerprint density at radius 2 is 1.73 bits per heavy atom. The third-order valence-corrected chi connectivity index (χ3v) is 6.87. The van der Waals surface area contributed by atoms with Crippen molar-refractivity contribution in [2.24, 2.45) is 11.0 Å². The van der Waals surface area contributed by atoms with Gasteiger partial charge in [0.15, 0.2) is 0 Å². The molecule has 4 rings (SSSR count). The van der Waals surface area contributed by atoms with Crippen molar-refractivity contribution < 1.29 is 28.5 Å². The van der Waals surface area contributed by atoms with E-state index in [-0.39, 0.29) is 30.4 Å². The summed E-state index contributed by atoms with van der Waals surface area (Å²) in [6.45, 7) is 3.59. The van der Waals surface area contributed by atoms with Crippen LogP contribution in [0.5, 0.6) is 17.2 Å². The number of ether oxygens (including phenoxy) is 4. The van der Waals surface area contributed by atoms with Gasteiger partial charge in [0, 0.05) is 24.6 Å². The van der Waals surface area contributed by atoms with Crippen LogP contribution in [0.4, 0.5) is 0 Å². The van der Waals surface area contributed by atoms with Crippen LogP contribution in [0.15, 0.2) is 47.6 Å². The van der Waals surface area contributed by atoms with Gasteiger partial charge in [-0.3, -0.25) is 14.5 Å². The van der Waals surface area contributed by atoms with Crippen LogP contribution < -0.4 is 14.2 Å². The van der Waals surface area contributed by atoms with Gasteiger partial charge in [-0.15, -0.1) is 0 Å². The Morgan fingerprint density at radius 1 is 1.00 bits per heavy atom. The number of amides is 1. The summed E-state index contributed by atoms with van der Waals surface area (Å²) in [7, 11) is 4.84. The molecule has 0 unspecified atom stereocenters. The number of hydrogen-bond acceptors (Lipinski definition) is 8. The fourth-order valence-corrected chi connectivity index (χ4v) is 4.95. The quantitative estimate of drug-likeness (QED) is 0.477. The predicted octanol–water partition coefficient (Wildman–Crippen LogP) is 3.67. The molecule has 0 aromatic heterocycles. The van der Waals surface area contributed by atoms with E-state index in [4.69, 9.17) is 24.0 Å². The lowest BCUT2D eigenvalue weighted by atomic mass is 9.97. The first-order chi connectivity index (χ1) is 18.0. The standard InChI is InChI=1S/C28H35N3O6/c1-5-37-28(33)20-7-6-14-30(17-20)18-27(32)31-25(23-13-12-22(35-3)15-26(23)36-4)16-24(29-31)19-8-10-21(34-2)11-9-19/h8-13,15,20,25H,5-7,14,16-18H2,1-4H3/t20-,25+/m1/s1. The molecule has 0 radical (unpaired) electrons. The highest BCUT2D eigenvalue weighted by atomic mass is 16.5. The average molecular weight is 510 g/mol. The van der Waals surface area contributed by atoms with Gasteiger partial charge in [-0.2, -0.15) is 5.10 Å². The van der Waals surface area contributed by atoms with Gasteiger partial charge >= 0.3 is 5.97 Å². The molecule has 0 bridgehead atoms. The molecule has 9 nitrogen and oxygen atoms in total. The molecule has 1 amide bonds. The molecule has 2 aliphatic rings. The van der Waals surface area contributed by atoms with Crippen LogP contribution in [-0.2, 0) is 14.3 Å². The number of esters is 1. The number of benzene rings is 2. The number of hydrazone groups is 1. The minimum absolute atomic E-state index is 0.129. The first-order valence-corrected chi connectivity index (χ1v) is 12.6. The van der Waals surface area contributed by atoms with Crippen LogP contribution in [0.3, 0.4) is 0 Å².